The van der Waals surface area contributed by atoms with Gasteiger partial charge in [-0.2, -0.15) is 0 Å². The third kappa shape index (κ3) is 22.6. The minimum Gasteiger partial charge on any atom is -0.450 e. The molecule has 0 heterocycles. The van der Waals surface area contributed by atoms with Gasteiger partial charge in [0.1, 0.15) is 5.75 Å². The fourth-order valence-corrected chi connectivity index (χ4v) is 2.99. The van der Waals surface area contributed by atoms with Crippen LogP contribution in [0.25, 0.3) is 0 Å². The van der Waals surface area contributed by atoms with Crippen molar-refractivity contribution in [2.24, 2.45) is 0 Å². The molecule has 4 aromatic rings. The molecule has 0 unspecified atom stereocenters. The van der Waals surface area contributed by atoms with Crippen LogP contribution in [0.4, 0.5) is 9.59 Å². The van der Waals surface area contributed by atoms with E-state index in [0.29, 0.717) is 11.1 Å². The van der Waals surface area contributed by atoms with Gasteiger partial charge in [-0.3, -0.25) is 9.59 Å². The van der Waals surface area contributed by atoms with Gasteiger partial charge in [-0.25, -0.2) is 9.59 Å². The average Bonchev–Trinajstić information content (AvgIpc) is 3.13. The van der Waals surface area contributed by atoms with Crippen LogP contribution in [0.1, 0.15) is 92.8 Å². The Bertz CT molecular complexity index is 1340. The minimum absolute atomic E-state index is 0. The van der Waals surface area contributed by atoms with Gasteiger partial charge in [-0.05, 0) is 31.2 Å². The summed E-state index contributed by atoms with van der Waals surface area (Å²) in [6.07, 6.45) is -2.62. The number of carbonyl (C=O) groups excluding carboxylic acids is 2. The smallest absolute Gasteiger partial charge is 0.450 e. The molecule has 0 aromatic heterocycles. The molecule has 0 aliphatic carbocycles. The number of ketones is 2. The van der Waals surface area contributed by atoms with Gasteiger partial charge < -0.3 is 19.7 Å². The summed E-state index contributed by atoms with van der Waals surface area (Å²) in [5.74, 6) is 0.153. The maximum absolute atomic E-state index is 12.0. The molecule has 0 spiro atoms. The Morgan fingerprint density at radius 1 is 0.468 bits per heavy atom. The molecular weight excluding hydrogens is 768 g/mol. The molecule has 9 heteroatoms. The summed E-state index contributed by atoms with van der Waals surface area (Å²) in [5, 5.41) is 15.9. The van der Waals surface area contributed by atoms with Crippen LogP contribution in [0, 0.1) is 6.92 Å². The van der Waals surface area contributed by atoms with Crippen molar-refractivity contribution in [2.75, 3.05) is 7.11 Å². The molecule has 0 amide bonds. The van der Waals surface area contributed by atoms with Crippen LogP contribution in [-0.2, 0) is 25.8 Å². The van der Waals surface area contributed by atoms with Crippen molar-refractivity contribution in [3.8, 4) is 5.75 Å². The largest absolute Gasteiger partial charge is 0.511 e. The van der Waals surface area contributed by atoms with Gasteiger partial charge >= 0.3 is 12.3 Å². The van der Waals surface area contributed by atoms with Crippen molar-refractivity contribution in [1.29, 1.82) is 0 Å². The monoisotopic (exact) mass is 818 g/mol. The Kier molecular flexibility index (Phi) is 34.5. The molecule has 0 radical (unpaired) electrons. The van der Waals surface area contributed by atoms with Gasteiger partial charge in [-0.15, -0.1) is 0 Å². The quantitative estimate of drug-likeness (QED) is 0.116. The Morgan fingerprint density at radius 2 is 0.745 bits per heavy atom. The van der Waals surface area contributed by atoms with Crippen LogP contribution in [0.15, 0.2) is 109 Å². The second-order valence-corrected chi connectivity index (χ2v) is 7.62. The van der Waals surface area contributed by atoms with Crippen molar-refractivity contribution in [1.82, 2.24) is 0 Å². The standard InChI is InChI=1S/C14H10O4.C14H12O.C2H4O3.4C2H6.W/c15-13(10-4-2-1-3-5-10)11-6-8-12(9-7-11)18-14(16)17;1-11-7-9-13(10-8-11)14(15)12-5-3-2-4-6-12;1-5-2(3)4;4*1-2;/h1-9H,(H,16,17);2-10H,1H3;1H3,(H,3,4);4*1-2H3;. The molecule has 256 valence electrons. The molecule has 4 rings (SSSR count). The molecule has 2 N–H and O–H groups in total. The Morgan fingerprint density at radius 3 is 1.02 bits per heavy atom. The van der Waals surface area contributed by atoms with Gasteiger partial charge in [0.15, 0.2) is 11.6 Å². The molecule has 8 nitrogen and oxygen atoms in total. The van der Waals surface area contributed by atoms with Crippen LogP contribution in [-0.4, -0.2) is 41.2 Å². The summed E-state index contributed by atoms with van der Waals surface area (Å²) < 4.78 is 8.13. The molecule has 47 heavy (non-hydrogen) atoms. The van der Waals surface area contributed by atoms with Crippen LogP contribution in [0.3, 0.4) is 0 Å². The van der Waals surface area contributed by atoms with E-state index in [2.05, 4.69) is 9.47 Å². The zero-order valence-electron chi connectivity index (χ0n) is 29.1. The third-order valence-electron chi connectivity index (χ3n) is 4.88. The maximum Gasteiger partial charge on any atom is 0.511 e. The van der Waals surface area contributed by atoms with Gasteiger partial charge in [0.05, 0.1) is 7.11 Å². The number of carboxylic acid groups (broad SMARTS) is 2. The number of hydrogen-bond donors (Lipinski definition) is 2. The molecule has 4 aromatic carbocycles. The van der Waals surface area contributed by atoms with Crippen molar-refractivity contribution in [3.63, 3.8) is 0 Å². The number of methoxy groups -OCH3 is 1. The molecule has 0 aliphatic heterocycles. The Labute approximate surface area is 295 Å². The Balaban J connectivity index is -0.000000288. The fraction of sp³-hybridized carbons (Fsp3) is 0.263. The topological polar surface area (TPSA) is 127 Å². The number of carbonyl (C=O) groups is 4. The van der Waals surface area contributed by atoms with Crippen LogP contribution >= 0.6 is 0 Å². The van der Waals surface area contributed by atoms with E-state index in [4.69, 9.17) is 15.0 Å². The zero-order chi connectivity index (χ0) is 35.9. The first-order valence-electron chi connectivity index (χ1n) is 15.2. The molecule has 0 aliphatic rings. The van der Waals surface area contributed by atoms with Crippen molar-refractivity contribution < 1.29 is 59.9 Å². The summed E-state index contributed by atoms with van der Waals surface area (Å²) in [5.41, 5.74) is 3.72. The third-order valence-corrected chi connectivity index (χ3v) is 4.88. The number of aryl methyl sites for hydroxylation is 1. The number of rotatable bonds is 5. The molecule has 0 fully saturated rings. The van der Waals surface area contributed by atoms with Gasteiger partial charge in [0.2, 0.25) is 0 Å². The Hall–Kier alpha value is -4.55. The first-order chi connectivity index (χ1) is 22.2. The molecular formula is C38H50O8W. The predicted octanol–water partition coefficient (Wildman–Crippen LogP) is 10.6. The SMILES string of the molecule is CC.CC.CC.CC.COC(=O)O.Cc1ccc(C(=O)c2ccccc2)cc1.O=C(O)Oc1ccc(C(=O)c2ccccc2)cc1.[W]. The first-order valence-corrected chi connectivity index (χ1v) is 15.2. The van der Waals surface area contributed by atoms with E-state index in [1.54, 1.807) is 24.3 Å². The van der Waals surface area contributed by atoms with Gasteiger partial charge in [0, 0.05) is 43.3 Å². The van der Waals surface area contributed by atoms with Crippen LogP contribution < -0.4 is 4.74 Å². The first kappa shape index (κ1) is 49.3. The summed E-state index contributed by atoms with van der Waals surface area (Å²) in [6.45, 7) is 18.0. The van der Waals surface area contributed by atoms with E-state index in [1.807, 2.05) is 123 Å². The zero-order valence-corrected chi connectivity index (χ0v) is 32.1. The van der Waals surface area contributed by atoms with Crippen molar-refractivity contribution >= 4 is 23.9 Å². The van der Waals surface area contributed by atoms with E-state index in [1.165, 1.54) is 29.8 Å². The van der Waals surface area contributed by atoms with Crippen molar-refractivity contribution in [2.45, 2.75) is 62.3 Å². The summed E-state index contributed by atoms with van der Waals surface area (Å²) in [4.78, 5) is 43.4. The van der Waals surface area contributed by atoms with Gasteiger partial charge in [0.25, 0.3) is 0 Å². The second kappa shape index (κ2) is 32.8. The fourth-order valence-electron chi connectivity index (χ4n) is 2.99. The van der Waals surface area contributed by atoms with E-state index in [9.17, 15) is 14.4 Å². The average molecular weight is 819 g/mol. The number of ether oxygens (including phenoxy) is 2. The van der Waals surface area contributed by atoms with Crippen LogP contribution in [0.5, 0.6) is 5.75 Å². The number of benzene rings is 4. The van der Waals surface area contributed by atoms with Crippen molar-refractivity contribution in [3.05, 3.63) is 137 Å². The predicted molar refractivity (Wildman–Crippen MR) is 186 cm³/mol. The molecule has 0 saturated heterocycles. The minimum atomic E-state index is -1.38. The summed E-state index contributed by atoms with van der Waals surface area (Å²) >= 11 is 0. The second-order valence-electron chi connectivity index (χ2n) is 7.62. The van der Waals surface area contributed by atoms with E-state index in [-0.39, 0.29) is 38.4 Å². The summed E-state index contributed by atoms with van der Waals surface area (Å²) in [7, 11) is 1.10. The van der Waals surface area contributed by atoms with E-state index in [0.717, 1.165) is 18.2 Å². The van der Waals surface area contributed by atoms with E-state index >= 15 is 0 Å². The normalized spacial score (nSPS) is 8.13. The molecule has 0 bridgehead atoms. The van der Waals surface area contributed by atoms with E-state index < -0.39 is 12.3 Å². The maximum atomic E-state index is 12.0. The molecule has 0 saturated carbocycles. The number of hydrogen-bond acceptors (Lipinski definition) is 6. The summed E-state index contributed by atoms with van der Waals surface area (Å²) in [6, 6.07) is 31.8. The molecule has 0 atom stereocenters. The van der Waals surface area contributed by atoms with Crippen LogP contribution in [0.2, 0.25) is 0 Å². The van der Waals surface area contributed by atoms with Gasteiger partial charge in [-0.1, -0.05) is 146 Å².